The first-order valence-electron chi connectivity index (χ1n) is 7.77. The van der Waals surface area contributed by atoms with Crippen molar-refractivity contribution in [2.75, 3.05) is 18.0 Å². The molecule has 0 bridgehead atoms. The fourth-order valence-corrected chi connectivity index (χ4v) is 3.33. The summed E-state index contributed by atoms with van der Waals surface area (Å²) < 4.78 is 0. The van der Waals surface area contributed by atoms with Gasteiger partial charge in [-0.2, -0.15) is 0 Å². The lowest BCUT2D eigenvalue weighted by Gasteiger charge is -2.36. The first-order valence-corrected chi connectivity index (χ1v) is 7.77. The smallest absolute Gasteiger partial charge is 0.225 e. The number of hydrogen-bond donors (Lipinski definition) is 2. The van der Waals surface area contributed by atoms with Gasteiger partial charge in [0, 0.05) is 37.6 Å². The summed E-state index contributed by atoms with van der Waals surface area (Å²) in [5, 5.41) is 13.3. The van der Waals surface area contributed by atoms with E-state index in [-0.39, 0.29) is 6.10 Å². The zero-order valence-electron chi connectivity index (χ0n) is 11.9. The molecule has 0 radical (unpaired) electrons. The summed E-state index contributed by atoms with van der Waals surface area (Å²) in [4.78, 5) is 11.0. The summed E-state index contributed by atoms with van der Waals surface area (Å²) in [6.07, 6.45) is 10.0. The van der Waals surface area contributed by atoms with Crippen LogP contribution in [0.3, 0.4) is 0 Å². The normalized spacial score (nSPS) is 31.2. The maximum Gasteiger partial charge on any atom is 0.225 e. The number of aliphatic hydroxyl groups excluding tert-OH is 1. The molecule has 5 heteroatoms. The molecule has 3 rings (SSSR count). The van der Waals surface area contributed by atoms with Crippen molar-refractivity contribution in [1.82, 2.24) is 15.3 Å². The Hall–Kier alpha value is -1.20. The largest absolute Gasteiger partial charge is 0.393 e. The predicted octanol–water partition coefficient (Wildman–Crippen LogP) is 1.34. The lowest BCUT2D eigenvalue weighted by Crippen LogP contribution is -2.50. The third-order valence-corrected chi connectivity index (χ3v) is 4.42. The number of aromatic nitrogens is 2. The first-order chi connectivity index (χ1) is 9.81. The van der Waals surface area contributed by atoms with Gasteiger partial charge in [0.2, 0.25) is 5.95 Å². The van der Waals surface area contributed by atoms with Gasteiger partial charge in [0.05, 0.1) is 6.10 Å². The van der Waals surface area contributed by atoms with Gasteiger partial charge in [0.25, 0.3) is 0 Å². The van der Waals surface area contributed by atoms with Crippen LogP contribution in [0.2, 0.25) is 0 Å². The van der Waals surface area contributed by atoms with E-state index in [0.717, 1.165) is 44.7 Å². The van der Waals surface area contributed by atoms with Crippen LogP contribution in [0.4, 0.5) is 5.95 Å². The SMILES string of the molecule is OC1CCC(NC2CCCN(c3ncccn3)C2)CC1. The van der Waals surface area contributed by atoms with Gasteiger partial charge in [-0.3, -0.25) is 0 Å². The summed E-state index contributed by atoms with van der Waals surface area (Å²) in [6.45, 7) is 2.04. The van der Waals surface area contributed by atoms with Crippen LogP contribution < -0.4 is 10.2 Å². The Kier molecular flexibility index (Phi) is 4.47. The molecule has 1 aromatic rings. The third-order valence-electron chi connectivity index (χ3n) is 4.42. The Morgan fingerprint density at radius 2 is 1.80 bits per heavy atom. The highest BCUT2D eigenvalue weighted by Crippen LogP contribution is 2.21. The standard InChI is InChI=1S/C15H24N4O/c20-14-6-4-12(5-7-14)18-13-3-1-10-19(11-13)15-16-8-2-9-17-15/h2,8-9,12-14,18,20H,1,3-7,10-11H2. The van der Waals surface area contributed by atoms with Crippen molar-refractivity contribution in [2.24, 2.45) is 0 Å². The number of nitrogens with zero attached hydrogens (tertiary/aromatic N) is 3. The van der Waals surface area contributed by atoms with E-state index in [1.807, 2.05) is 18.5 Å². The molecule has 1 atom stereocenters. The maximum absolute atomic E-state index is 9.57. The van der Waals surface area contributed by atoms with Gasteiger partial charge in [-0.1, -0.05) is 0 Å². The highest BCUT2D eigenvalue weighted by molar-refractivity contribution is 5.29. The highest BCUT2D eigenvalue weighted by Gasteiger charge is 2.26. The van der Waals surface area contributed by atoms with E-state index in [4.69, 9.17) is 0 Å². The Morgan fingerprint density at radius 3 is 2.55 bits per heavy atom. The number of rotatable bonds is 3. The molecule has 1 saturated carbocycles. The van der Waals surface area contributed by atoms with Crippen molar-refractivity contribution in [3.8, 4) is 0 Å². The molecule has 2 aliphatic rings. The molecule has 1 aromatic heterocycles. The topological polar surface area (TPSA) is 61.3 Å². The second-order valence-corrected chi connectivity index (χ2v) is 6.01. The molecule has 110 valence electrons. The molecule has 20 heavy (non-hydrogen) atoms. The molecule has 2 N–H and O–H groups in total. The van der Waals surface area contributed by atoms with E-state index in [9.17, 15) is 5.11 Å². The average molecular weight is 276 g/mol. The lowest BCUT2D eigenvalue weighted by atomic mass is 9.92. The van der Waals surface area contributed by atoms with E-state index >= 15 is 0 Å². The van der Waals surface area contributed by atoms with Crippen molar-refractivity contribution in [2.45, 2.75) is 56.7 Å². The molecule has 1 aliphatic heterocycles. The van der Waals surface area contributed by atoms with E-state index < -0.39 is 0 Å². The van der Waals surface area contributed by atoms with Crippen LogP contribution in [0.1, 0.15) is 38.5 Å². The highest BCUT2D eigenvalue weighted by atomic mass is 16.3. The van der Waals surface area contributed by atoms with Crippen LogP contribution >= 0.6 is 0 Å². The van der Waals surface area contributed by atoms with E-state index in [2.05, 4.69) is 20.2 Å². The van der Waals surface area contributed by atoms with Gasteiger partial charge in [-0.25, -0.2) is 9.97 Å². The maximum atomic E-state index is 9.57. The monoisotopic (exact) mass is 276 g/mol. The Bertz CT molecular complexity index is 406. The van der Waals surface area contributed by atoms with E-state index in [1.54, 1.807) is 0 Å². The van der Waals surface area contributed by atoms with Crippen molar-refractivity contribution >= 4 is 5.95 Å². The number of piperidine rings is 1. The Labute approximate surface area is 120 Å². The second-order valence-electron chi connectivity index (χ2n) is 6.01. The van der Waals surface area contributed by atoms with Gasteiger partial charge in [-0.05, 0) is 44.6 Å². The molecule has 2 heterocycles. The summed E-state index contributed by atoms with van der Waals surface area (Å²) in [5.74, 6) is 0.845. The quantitative estimate of drug-likeness (QED) is 0.872. The summed E-state index contributed by atoms with van der Waals surface area (Å²) in [5.41, 5.74) is 0. The average Bonchev–Trinajstić information content (AvgIpc) is 2.51. The van der Waals surface area contributed by atoms with Crippen molar-refractivity contribution in [3.05, 3.63) is 18.5 Å². The number of hydrogen-bond acceptors (Lipinski definition) is 5. The zero-order chi connectivity index (χ0) is 13.8. The molecule has 0 spiro atoms. The predicted molar refractivity (Wildman–Crippen MR) is 78.7 cm³/mol. The number of aliphatic hydroxyl groups is 1. The van der Waals surface area contributed by atoms with Crippen LogP contribution in [-0.2, 0) is 0 Å². The minimum Gasteiger partial charge on any atom is -0.393 e. The third kappa shape index (κ3) is 3.46. The van der Waals surface area contributed by atoms with Crippen LogP contribution in [-0.4, -0.2) is 46.4 Å². The Balaban J connectivity index is 1.53. The van der Waals surface area contributed by atoms with Crippen LogP contribution in [0, 0.1) is 0 Å². The zero-order valence-corrected chi connectivity index (χ0v) is 11.9. The molecule has 5 nitrogen and oxygen atoms in total. The van der Waals surface area contributed by atoms with Crippen molar-refractivity contribution < 1.29 is 5.11 Å². The van der Waals surface area contributed by atoms with Gasteiger partial charge in [0.15, 0.2) is 0 Å². The van der Waals surface area contributed by atoms with Crippen LogP contribution in [0.5, 0.6) is 0 Å². The summed E-state index contributed by atoms with van der Waals surface area (Å²) >= 11 is 0. The molecular weight excluding hydrogens is 252 g/mol. The number of nitrogens with one attached hydrogen (secondary N) is 1. The van der Waals surface area contributed by atoms with Crippen LogP contribution in [0.25, 0.3) is 0 Å². The van der Waals surface area contributed by atoms with Gasteiger partial charge >= 0.3 is 0 Å². The van der Waals surface area contributed by atoms with Crippen molar-refractivity contribution in [3.63, 3.8) is 0 Å². The van der Waals surface area contributed by atoms with Gasteiger partial charge in [-0.15, -0.1) is 0 Å². The fourth-order valence-electron chi connectivity index (χ4n) is 3.33. The molecular formula is C15H24N4O. The van der Waals surface area contributed by atoms with Crippen LogP contribution in [0.15, 0.2) is 18.5 Å². The minimum atomic E-state index is -0.0753. The van der Waals surface area contributed by atoms with E-state index in [0.29, 0.717) is 12.1 Å². The first kappa shape index (κ1) is 13.8. The number of anilines is 1. The summed E-state index contributed by atoms with van der Waals surface area (Å²) in [6, 6.07) is 2.95. The molecule has 0 amide bonds. The molecule has 0 aromatic carbocycles. The minimum absolute atomic E-state index is 0.0753. The van der Waals surface area contributed by atoms with Crippen molar-refractivity contribution in [1.29, 1.82) is 0 Å². The fraction of sp³-hybridized carbons (Fsp3) is 0.733. The lowest BCUT2D eigenvalue weighted by molar-refractivity contribution is 0.113. The van der Waals surface area contributed by atoms with Gasteiger partial charge in [0.1, 0.15) is 0 Å². The Morgan fingerprint density at radius 1 is 1.05 bits per heavy atom. The van der Waals surface area contributed by atoms with Gasteiger partial charge < -0.3 is 15.3 Å². The van der Waals surface area contributed by atoms with E-state index in [1.165, 1.54) is 12.8 Å². The second kappa shape index (κ2) is 6.50. The molecule has 1 aliphatic carbocycles. The summed E-state index contributed by atoms with van der Waals surface area (Å²) in [7, 11) is 0. The molecule has 2 fully saturated rings. The molecule has 1 unspecified atom stereocenters. The molecule has 1 saturated heterocycles.